The number of alkyl halides is 6. The van der Waals surface area contributed by atoms with Gasteiger partial charge in [-0.3, -0.25) is 0 Å². The zero-order valence-electron chi connectivity index (χ0n) is 15.4. The number of phenols is 1. The van der Waals surface area contributed by atoms with Gasteiger partial charge in [0.25, 0.3) is 0 Å². The SMILES string of the molecule is Fc1ccc(COc2ccc(C(F)(F)F)cc2)c(F)c1.Oc1ccc(C(F)(F)F)cc1. The molecule has 3 aromatic rings. The molecule has 166 valence electrons. The predicted molar refractivity (Wildman–Crippen MR) is 95.2 cm³/mol. The smallest absolute Gasteiger partial charge is 0.416 e. The summed E-state index contributed by atoms with van der Waals surface area (Å²) in [5.41, 5.74) is -1.43. The Balaban J connectivity index is 0.000000262. The summed E-state index contributed by atoms with van der Waals surface area (Å²) < 4.78 is 104. The molecule has 0 atom stereocenters. The van der Waals surface area contributed by atoms with Crippen LogP contribution >= 0.6 is 0 Å². The Morgan fingerprint density at radius 2 is 1.16 bits per heavy atom. The summed E-state index contributed by atoms with van der Waals surface area (Å²) in [6.45, 7) is -0.197. The first-order valence-electron chi connectivity index (χ1n) is 8.46. The lowest BCUT2D eigenvalue weighted by Gasteiger charge is -2.09. The number of phenolic OH excluding ortho intramolecular Hbond substituents is 1. The minimum absolute atomic E-state index is 0.117. The van der Waals surface area contributed by atoms with Crippen LogP contribution in [0.5, 0.6) is 11.5 Å². The molecule has 2 nitrogen and oxygen atoms in total. The highest BCUT2D eigenvalue weighted by molar-refractivity contribution is 5.29. The minimum Gasteiger partial charge on any atom is -0.508 e. The van der Waals surface area contributed by atoms with Crippen molar-refractivity contribution in [1.29, 1.82) is 0 Å². The molecule has 0 amide bonds. The molecule has 0 aliphatic carbocycles. The molecule has 0 bridgehead atoms. The third-order valence-electron chi connectivity index (χ3n) is 3.79. The van der Waals surface area contributed by atoms with E-state index >= 15 is 0 Å². The standard InChI is InChI=1S/C14H9F5O.C7H5F3O/c15-11-4-1-9(13(16)7-11)8-20-12-5-2-10(3-6-12)14(17,18)19;8-7(9,10)5-1-3-6(11)4-2-5/h1-7H,8H2;1-4,11H. The highest BCUT2D eigenvalue weighted by Gasteiger charge is 2.30. The van der Waals surface area contributed by atoms with E-state index in [2.05, 4.69) is 0 Å². The Labute approximate surface area is 171 Å². The van der Waals surface area contributed by atoms with Gasteiger partial charge in [0.2, 0.25) is 0 Å². The largest absolute Gasteiger partial charge is 0.508 e. The summed E-state index contributed by atoms with van der Waals surface area (Å²) in [5, 5.41) is 8.66. The minimum atomic E-state index is -4.42. The first-order valence-corrected chi connectivity index (χ1v) is 8.46. The number of halogens is 8. The van der Waals surface area contributed by atoms with Crippen molar-refractivity contribution >= 4 is 0 Å². The number of ether oxygens (including phenoxy) is 1. The molecule has 1 N–H and O–H groups in total. The molecular formula is C21H14F8O2. The number of aromatic hydroxyl groups is 1. The Bertz CT molecular complexity index is 978. The van der Waals surface area contributed by atoms with Crippen LogP contribution in [-0.4, -0.2) is 5.11 Å². The van der Waals surface area contributed by atoms with Crippen molar-refractivity contribution in [3.05, 3.63) is 95.1 Å². The average molecular weight is 450 g/mol. The summed E-state index contributed by atoms with van der Waals surface area (Å²) in [6.07, 6.45) is -8.74. The zero-order valence-corrected chi connectivity index (χ0v) is 15.4. The number of hydrogen-bond acceptors (Lipinski definition) is 2. The lowest BCUT2D eigenvalue weighted by molar-refractivity contribution is -0.138. The highest BCUT2D eigenvalue weighted by atomic mass is 19.4. The third-order valence-corrected chi connectivity index (χ3v) is 3.79. The van der Waals surface area contributed by atoms with Crippen molar-refractivity contribution in [2.45, 2.75) is 19.0 Å². The topological polar surface area (TPSA) is 29.5 Å². The van der Waals surface area contributed by atoms with Gasteiger partial charge in [-0.05, 0) is 60.7 Å². The molecule has 0 aliphatic rings. The van der Waals surface area contributed by atoms with E-state index in [0.717, 1.165) is 54.6 Å². The maximum Gasteiger partial charge on any atom is 0.416 e. The quantitative estimate of drug-likeness (QED) is 0.437. The van der Waals surface area contributed by atoms with Crippen LogP contribution in [-0.2, 0) is 19.0 Å². The summed E-state index contributed by atoms with van der Waals surface area (Å²) in [5.74, 6) is -1.47. The predicted octanol–water partition coefficient (Wildman–Crippen LogP) is 6.97. The van der Waals surface area contributed by atoms with Crippen LogP contribution in [0.1, 0.15) is 16.7 Å². The van der Waals surface area contributed by atoms with Gasteiger partial charge < -0.3 is 9.84 Å². The Morgan fingerprint density at radius 1 is 0.677 bits per heavy atom. The molecule has 31 heavy (non-hydrogen) atoms. The van der Waals surface area contributed by atoms with Gasteiger partial charge in [0.05, 0.1) is 11.1 Å². The van der Waals surface area contributed by atoms with Crippen molar-refractivity contribution in [2.24, 2.45) is 0 Å². The second-order valence-electron chi connectivity index (χ2n) is 6.09. The molecule has 0 spiro atoms. The van der Waals surface area contributed by atoms with Crippen molar-refractivity contribution in [1.82, 2.24) is 0 Å². The molecule has 10 heteroatoms. The maximum absolute atomic E-state index is 13.3. The third kappa shape index (κ3) is 7.47. The van der Waals surface area contributed by atoms with E-state index < -0.39 is 35.1 Å². The molecule has 3 aromatic carbocycles. The molecule has 0 saturated heterocycles. The number of hydrogen-bond donors (Lipinski definition) is 1. The number of benzene rings is 3. The van der Waals surface area contributed by atoms with Gasteiger partial charge in [0, 0.05) is 11.6 Å². The molecule has 0 aromatic heterocycles. The van der Waals surface area contributed by atoms with Crippen LogP contribution in [0.25, 0.3) is 0 Å². The second kappa shape index (κ2) is 9.67. The lowest BCUT2D eigenvalue weighted by Crippen LogP contribution is -2.04. The van der Waals surface area contributed by atoms with E-state index in [1.807, 2.05) is 0 Å². The first-order chi connectivity index (χ1) is 14.4. The fourth-order valence-corrected chi connectivity index (χ4v) is 2.19. The average Bonchev–Trinajstić information content (AvgIpc) is 2.67. The lowest BCUT2D eigenvalue weighted by atomic mass is 10.2. The van der Waals surface area contributed by atoms with Gasteiger partial charge in [-0.25, -0.2) is 8.78 Å². The number of rotatable bonds is 3. The van der Waals surface area contributed by atoms with Crippen LogP contribution in [0.4, 0.5) is 35.1 Å². The summed E-state index contributed by atoms with van der Waals surface area (Å²) in [6, 6.07) is 10.7. The van der Waals surface area contributed by atoms with Gasteiger partial charge in [0.15, 0.2) is 0 Å². The van der Waals surface area contributed by atoms with Gasteiger partial charge >= 0.3 is 12.4 Å². The van der Waals surface area contributed by atoms with Gasteiger partial charge in [-0.1, -0.05) is 0 Å². The molecule has 0 unspecified atom stereocenters. The Morgan fingerprint density at radius 3 is 1.61 bits per heavy atom. The maximum atomic E-state index is 13.3. The van der Waals surface area contributed by atoms with Crippen molar-refractivity contribution in [2.75, 3.05) is 0 Å². The van der Waals surface area contributed by atoms with Crippen LogP contribution in [0, 0.1) is 11.6 Å². The van der Waals surface area contributed by atoms with E-state index in [1.165, 1.54) is 6.07 Å². The van der Waals surface area contributed by atoms with E-state index in [-0.39, 0.29) is 23.7 Å². The van der Waals surface area contributed by atoms with Crippen molar-refractivity contribution in [3.8, 4) is 11.5 Å². The Kier molecular flexibility index (Phi) is 7.48. The van der Waals surface area contributed by atoms with Crippen LogP contribution in [0.15, 0.2) is 66.7 Å². The second-order valence-corrected chi connectivity index (χ2v) is 6.09. The van der Waals surface area contributed by atoms with E-state index in [0.29, 0.717) is 6.07 Å². The van der Waals surface area contributed by atoms with E-state index in [1.54, 1.807) is 0 Å². The van der Waals surface area contributed by atoms with E-state index in [4.69, 9.17) is 9.84 Å². The Hall–Kier alpha value is -3.30. The molecule has 0 aliphatic heterocycles. The van der Waals surface area contributed by atoms with Gasteiger partial charge in [0.1, 0.15) is 29.7 Å². The summed E-state index contributed by atoms with van der Waals surface area (Å²) in [4.78, 5) is 0. The molecular weight excluding hydrogens is 436 g/mol. The van der Waals surface area contributed by atoms with Crippen molar-refractivity contribution in [3.63, 3.8) is 0 Å². The van der Waals surface area contributed by atoms with Crippen molar-refractivity contribution < 1.29 is 45.0 Å². The van der Waals surface area contributed by atoms with Crippen LogP contribution < -0.4 is 4.74 Å². The fraction of sp³-hybridized carbons (Fsp3) is 0.143. The monoisotopic (exact) mass is 450 g/mol. The van der Waals surface area contributed by atoms with E-state index in [9.17, 15) is 35.1 Å². The zero-order chi connectivity index (χ0) is 23.2. The molecule has 0 fully saturated rings. The van der Waals surface area contributed by atoms with Gasteiger partial charge in [-0.2, -0.15) is 26.3 Å². The summed E-state index contributed by atoms with van der Waals surface area (Å²) in [7, 11) is 0. The first kappa shape index (κ1) is 24.0. The molecule has 0 radical (unpaired) electrons. The molecule has 0 heterocycles. The normalized spacial score (nSPS) is 11.5. The van der Waals surface area contributed by atoms with Crippen LogP contribution in [0.2, 0.25) is 0 Å². The molecule has 3 rings (SSSR count). The fourth-order valence-electron chi connectivity index (χ4n) is 2.19. The van der Waals surface area contributed by atoms with Gasteiger partial charge in [-0.15, -0.1) is 0 Å². The summed E-state index contributed by atoms with van der Waals surface area (Å²) >= 11 is 0. The van der Waals surface area contributed by atoms with Crippen LogP contribution in [0.3, 0.4) is 0 Å². The molecule has 0 saturated carbocycles. The highest BCUT2D eigenvalue weighted by Crippen LogP contribution is 2.31.